The van der Waals surface area contributed by atoms with Crippen molar-refractivity contribution in [1.29, 1.82) is 0 Å². The molecule has 0 aromatic heterocycles. The van der Waals surface area contributed by atoms with Gasteiger partial charge in [-0.15, -0.1) is 0 Å². The SMILES string of the molecule is CCN(CC)C(=O)CN(C)CC1(CCN)CC1. The fourth-order valence-corrected chi connectivity index (χ4v) is 2.51. The van der Waals surface area contributed by atoms with Crippen molar-refractivity contribution in [2.45, 2.75) is 33.1 Å². The molecule has 0 bridgehead atoms. The molecule has 0 spiro atoms. The molecule has 1 fully saturated rings. The number of likely N-dealkylation sites (N-methyl/N-ethyl adjacent to an activating group) is 2. The summed E-state index contributed by atoms with van der Waals surface area (Å²) in [5, 5.41) is 0. The van der Waals surface area contributed by atoms with Crippen molar-refractivity contribution in [2.24, 2.45) is 11.1 Å². The average molecular weight is 241 g/mol. The number of hydrogen-bond donors (Lipinski definition) is 1. The Kier molecular flexibility index (Phi) is 5.40. The third-order valence-electron chi connectivity index (χ3n) is 3.76. The maximum Gasteiger partial charge on any atom is 0.236 e. The van der Waals surface area contributed by atoms with Crippen LogP contribution in [0.2, 0.25) is 0 Å². The van der Waals surface area contributed by atoms with Crippen LogP contribution in [-0.2, 0) is 4.79 Å². The maximum absolute atomic E-state index is 11.9. The number of nitrogens with zero attached hydrogens (tertiary/aromatic N) is 2. The van der Waals surface area contributed by atoms with Crippen LogP contribution in [0.1, 0.15) is 33.1 Å². The average Bonchev–Trinajstić information content (AvgIpc) is 2.99. The lowest BCUT2D eigenvalue weighted by molar-refractivity contribution is -0.131. The molecule has 1 aliphatic carbocycles. The summed E-state index contributed by atoms with van der Waals surface area (Å²) in [7, 11) is 2.04. The summed E-state index contributed by atoms with van der Waals surface area (Å²) in [6, 6.07) is 0. The lowest BCUT2D eigenvalue weighted by Crippen LogP contribution is -2.40. The van der Waals surface area contributed by atoms with Gasteiger partial charge in [-0.3, -0.25) is 9.69 Å². The second-order valence-corrected chi connectivity index (χ2v) is 5.28. The number of carbonyl (C=O) groups excluding carboxylic acids is 1. The van der Waals surface area contributed by atoms with Gasteiger partial charge in [-0.05, 0) is 52.1 Å². The Morgan fingerprint density at radius 3 is 2.29 bits per heavy atom. The van der Waals surface area contributed by atoms with Gasteiger partial charge in [0, 0.05) is 19.6 Å². The fourth-order valence-electron chi connectivity index (χ4n) is 2.51. The highest BCUT2D eigenvalue weighted by Crippen LogP contribution is 2.48. The molecule has 0 aromatic rings. The van der Waals surface area contributed by atoms with E-state index in [-0.39, 0.29) is 5.91 Å². The quantitative estimate of drug-likeness (QED) is 0.687. The molecule has 0 aromatic carbocycles. The standard InChI is InChI=1S/C13H27N3O/c1-4-16(5-2)12(17)10-15(3)11-13(6-7-13)8-9-14/h4-11,14H2,1-3H3. The van der Waals surface area contributed by atoms with Crippen LogP contribution in [-0.4, -0.2) is 55.5 Å². The lowest BCUT2D eigenvalue weighted by atomic mass is 10.0. The monoisotopic (exact) mass is 241 g/mol. The van der Waals surface area contributed by atoms with Crippen LogP contribution >= 0.6 is 0 Å². The van der Waals surface area contributed by atoms with Crippen LogP contribution in [0, 0.1) is 5.41 Å². The summed E-state index contributed by atoms with van der Waals surface area (Å²) in [6.07, 6.45) is 3.64. The van der Waals surface area contributed by atoms with Gasteiger partial charge in [-0.1, -0.05) is 0 Å². The van der Waals surface area contributed by atoms with E-state index >= 15 is 0 Å². The molecule has 0 aliphatic heterocycles. The zero-order chi connectivity index (χ0) is 12.9. The van der Waals surface area contributed by atoms with E-state index in [0.717, 1.165) is 32.6 Å². The van der Waals surface area contributed by atoms with Gasteiger partial charge < -0.3 is 10.6 Å². The minimum Gasteiger partial charge on any atom is -0.342 e. The van der Waals surface area contributed by atoms with E-state index in [9.17, 15) is 4.79 Å². The third-order valence-corrected chi connectivity index (χ3v) is 3.76. The Morgan fingerprint density at radius 1 is 1.29 bits per heavy atom. The van der Waals surface area contributed by atoms with Crippen molar-refractivity contribution in [2.75, 3.05) is 39.8 Å². The normalized spacial score (nSPS) is 17.2. The van der Waals surface area contributed by atoms with Gasteiger partial charge in [0.15, 0.2) is 0 Å². The van der Waals surface area contributed by atoms with E-state index in [1.807, 2.05) is 25.8 Å². The first kappa shape index (κ1) is 14.5. The highest BCUT2D eigenvalue weighted by Gasteiger charge is 2.42. The van der Waals surface area contributed by atoms with Crippen LogP contribution in [0.15, 0.2) is 0 Å². The van der Waals surface area contributed by atoms with Gasteiger partial charge in [-0.25, -0.2) is 0 Å². The molecule has 2 N–H and O–H groups in total. The molecule has 4 heteroatoms. The molecule has 100 valence electrons. The van der Waals surface area contributed by atoms with Gasteiger partial charge in [-0.2, -0.15) is 0 Å². The molecule has 17 heavy (non-hydrogen) atoms. The molecule has 0 saturated heterocycles. The van der Waals surface area contributed by atoms with Crippen LogP contribution in [0.25, 0.3) is 0 Å². The molecule has 0 unspecified atom stereocenters. The number of amides is 1. The summed E-state index contributed by atoms with van der Waals surface area (Å²) in [5.74, 6) is 0.237. The molecule has 1 saturated carbocycles. The van der Waals surface area contributed by atoms with Gasteiger partial charge in [0.05, 0.1) is 6.54 Å². The summed E-state index contributed by atoms with van der Waals surface area (Å²) < 4.78 is 0. The molecule has 1 amide bonds. The highest BCUT2D eigenvalue weighted by atomic mass is 16.2. The van der Waals surface area contributed by atoms with E-state index in [2.05, 4.69) is 4.90 Å². The van der Waals surface area contributed by atoms with Gasteiger partial charge >= 0.3 is 0 Å². The minimum atomic E-state index is 0.237. The van der Waals surface area contributed by atoms with Crippen molar-refractivity contribution >= 4 is 5.91 Å². The van der Waals surface area contributed by atoms with Crippen LogP contribution in [0.4, 0.5) is 0 Å². The van der Waals surface area contributed by atoms with Gasteiger partial charge in [0.2, 0.25) is 5.91 Å². The Labute approximate surface area is 105 Å². The third kappa shape index (κ3) is 4.28. The first-order valence-corrected chi connectivity index (χ1v) is 6.73. The molecule has 0 atom stereocenters. The van der Waals surface area contributed by atoms with Crippen LogP contribution in [0.5, 0.6) is 0 Å². The Morgan fingerprint density at radius 2 is 1.88 bits per heavy atom. The maximum atomic E-state index is 11.9. The first-order valence-electron chi connectivity index (χ1n) is 6.73. The fraction of sp³-hybridized carbons (Fsp3) is 0.923. The number of carbonyl (C=O) groups is 1. The largest absolute Gasteiger partial charge is 0.342 e. The minimum absolute atomic E-state index is 0.237. The first-order chi connectivity index (χ1) is 8.06. The molecule has 1 rings (SSSR count). The van der Waals surface area contributed by atoms with Crippen LogP contribution < -0.4 is 5.73 Å². The summed E-state index contributed by atoms with van der Waals surface area (Å²) in [4.78, 5) is 16.0. The molecule has 1 aliphatic rings. The molecule has 0 heterocycles. The summed E-state index contributed by atoms with van der Waals surface area (Å²) in [5.41, 5.74) is 6.05. The van der Waals surface area contributed by atoms with Gasteiger partial charge in [0.25, 0.3) is 0 Å². The topological polar surface area (TPSA) is 49.6 Å². The van der Waals surface area contributed by atoms with Crippen molar-refractivity contribution in [3.05, 3.63) is 0 Å². The number of nitrogens with two attached hydrogens (primary N) is 1. The predicted octanol–water partition coefficient (Wildman–Crippen LogP) is 0.916. The zero-order valence-electron chi connectivity index (χ0n) is 11.5. The van der Waals surface area contributed by atoms with Crippen molar-refractivity contribution in [3.8, 4) is 0 Å². The van der Waals surface area contributed by atoms with Gasteiger partial charge in [0.1, 0.15) is 0 Å². The summed E-state index contributed by atoms with van der Waals surface area (Å²) >= 11 is 0. The lowest BCUT2D eigenvalue weighted by Gasteiger charge is -2.26. The van der Waals surface area contributed by atoms with E-state index in [0.29, 0.717) is 12.0 Å². The number of rotatable bonds is 8. The molecular weight excluding hydrogens is 214 g/mol. The Hall–Kier alpha value is -0.610. The van der Waals surface area contributed by atoms with Crippen molar-refractivity contribution < 1.29 is 4.79 Å². The Bertz CT molecular complexity index is 247. The second kappa shape index (κ2) is 6.36. The van der Waals surface area contributed by atoms with Crippen molar-refractivity contribution in [1.82, 2.24) is 9.80 Å². The molecule has 4 nitrogen and oxygen atoms in total. The predicted molar refractivity (Wildman–Crippen MR) is 70.8 cm³/mol. The summed E-state index contributed by atoms with van der Waals surface area (Å²) in [6.45, 7) is 7.97. The molecule has 0 radical (unpaired) electrons. The van der Waals surface area contributed by atoms with E-state index in [1.54, 1.807) is 0 Å². The zero-order valence-corrected chi connectivity index (χ0v) is 11.5. The van der Waals surface area contributed by atoms with Crippen molar-refractivity contribution in [3.63, 3.8) is 0 Å². The van der Waals surface area contributed by atoms with E-state index in [4.69, 9.17) is 5.73 Å². The Balaban J connectivity index is 2.34. The van der Waals surface area contributed by atoms with E-state index in [1.165, 1.54) is 12.8 Å². The number of hydrogen-bond acceptors (Lipinski definition) is 3. The molecular formula is C13H27N3O. The smallest absolute Gasteiger partial charge is 0.236 e. The van der Waals surface area contributed by atoms with E-state index < -0.39 is 0 Å². The van der Waals surface area contributed by atoms with Crippen LogP contribution in [0.3, 0.4) is 0 Å². The second-order valence-electron chi connectivity index (χ2n) is 5.28. The highest BCUT2D eigenvalue weighted by molar-refractivity contribution is 5.78.